The molecule has 0 radical (unpaired) electrons. The number of hydrogen-bond donors (Lipinski definition) is 1. The van der Waals surface area contributed by atoms with Gasteiger partial charge in [-0.1, -0.05) is 17.3 Å². The minimum atomic E-state index is 0.472. The van der Waals surface area contributed by atoms with Crippen LogP contribution >= 0.6 is 0 Å². The van der Waals surface area contributed by atoms with Gasteiger partial charge in [0.1, 0.15) is 24.7 Å². The van der Waals surface area contributed by atoms with Crippen LogP contribution in [-0.4, -0.2) is 24.6 Å². The Labute approximate surface area is 131 Å². The number of oxime groups is 1. The fraction of sp³-hybridized carbons (Fsp3) is 0.278. The van der Waals surface area contributed by atoms with Gasteiger partial charge in [-0.05, 0) is 67.3 Å². The average Bonchev–Trinajstić information content (AvgIpc) is 2.52. The Bertz CT molecular complexity index is 648. The van der Waals surface area contributed by atoms with Crippen molar-refractivity contribution in [2.45, 2.75) is 20.8 Å². The smallest absolute Gasteiger partial charge is 0.125 e. The van der Waals surface area contributed by atoms with Gasteiger partial charge in [0.15, 0.2) is 0 Å². The van der Waals surface area contributed by atoms with E-state index in [0.717, 1.165) is 22.6 Å². The lowest BCUT2D eigenvalue weighted by Crippen LogP contribution is -2.10. The predicted octanol–water partition coefficient (Wildman–Crippen LogP) is 3.88. The van der Waals surface area contributed by atoms with Gasteiger partial charge < -0.3 is 14.7 Å². The molecule has 4 heteroatoms. The third-order valence-electron chi connectivity index (χ3n) is 3.56. The van der Waals surface area contributed by atoms with E-state index in [1.54, 1.807) is 0 Å². The van der Waals surface area contributed by atoms with Crippen LogP contribution in [0.4, 0.5) is 0 Å². The second-order valence-corrected chi connectivity index (χ2v) is 5.16. The van der Waals surface area contributed by atoms with E-state index in [4.69, 9.17) is 14.7 Å². The first-order valence-corrected chi connectivity index (χ1v) is 7.21. The Hall–Kier alpha value is -2.49. The second-order valence-electron chi connectivity index (χ2n) is 5.16. The Morgan fingerprint density at radius 2 is 1.55 bits per heavy atom. The molecule has 0 saturated heterocycles. The summed E-state index contributed by atoms with van der Waals surface area (Å²) in [6, 6.07) is 11.5. The highest BCUT2D eigenvalue weighted by molar-refractivity contribution is 5.79. The molecule has 0 bridgehead atoms. The maximum Gasteiger partial charge on any atom is 0.125 e. The van der Waals surface area contributed by atoms with Crippen molar-refractivity contribution in [2.24, 2.45) is 5.16 Å². The van der Waals surface area contributed by atoms with Gasteiger partial charge >= 0.3 is 0 Å². The van der Waals surface area contributed by atoms with Gasteiger partial charge in [0, 0.05) is 0 Å². The topological polar surface area (TPSA) is 51.0 Å². The maximum atomic E-state index is 8.46. The zero-order chi connectivity index (χ0) is 15.9. The van der Waals surface area contributed by atoms with Gasteiger partial charge in [-0.3, -0.25) is 0 Å². The summed E-state index contributed by atoms with van der Waals surface area (Å²) in [6.07, 6.45) is 1.37. The van der Waals surface area contributed by atoms with E-state index in [1.165, 1.54) is 17.3 Å². The van der Waals surface area contributed by atoms with Crippen molar-refractivity contribution in [2.75, 3.05) is 13.2 Å². The number of hydrogen-bond acceptors (Lipinski definition) is 4. The van der Waals surface area contributed by atoms with Crippen LogP contribution in [0.2, 0.25) is 0 Å². The van der Waals surface area contributed by atoms with Gasteiger partial charge in [-0.15, -0.1) is 0 Å². The molecule has 0 saturated carbocycles. The van der Waals surface area contributed by atoms with Crippen LogP contribution < -0.4 is 9.47 Å². The molecule has 0 spiro atoms. The second kappa shape index (κ2) is 7.50. The third-order valence-corrected chi connectivity index (χ3v) is 3.56. The van der Waals surface area contributed by atoms with Gasteiger partial charge in [0.05, 0.1) is 6.21 Å². The first kappa shape index (κ1) is 15.9. The number of benzene rings is 2. The first-order chi connectivity index (χ1) is 10.6. The van der Waals surface area contributed by atoms with Crippen molar-refractivity contribution in [3.63, 3.8) is 0 Å². The van der Waals surface area contributed by atoms with Crippen LogP contribution in [0, 0.1) is 20.8 Å². The van der Waals surface area contributed by atoms with E-state index >= 15 is 0 Å². The molecule has 4 nitrogen and oxygen atoms in total. The molecule has 0 atom stereocenters. The van der Waals surface area contributed by atoms with Crippen LogP contribution in [0.3, 0.4) is 0 Å². The van der Waals surface area contributed by atoms with Crippen LogP contribution in [0.25, 0.3) is 0 Å². The van der Waals surface area contributed by atoms with E-state index in [2.05, 4.69) is 31.1 Å². The quantitative estimate of drug-likeness (QED) is 0.381. The third kappa shape index (κ3) is 4.01. The number of nitrogens with zero attached hydrogens (tertiary/aromatic N) is 1. The summed E-state index contributed by atoms with van der Waals surface area (Å²) in [7, 11) is 0. The summed E-state index contributed by atoms with van der Waals surface area (Å²) >= 11 is 0. The summed E-state index contributed by atoms with van der Waals surface area (Å²) in [5.74, 6) is 1.70. The van der Waals surface area contributed by atoms with Crippen LogP contribution in [-0.2, 0) is 0 Å². The zero-order valence-corrected chi connectivity index (χ0v) is 13.2. The normalized spacial score (nSPS) is 10.9. The Morgan fingerprint density at radius 3 is 2.23 bits per heavy atom. The minimum absolute atomic E-state index is 0.472. The number of aryl methyl sites for hydroxylation is 2. The van der Waals surface area contributed by atoms with Crippen molar-refractivity contribution in [1.29, 1.82) is 0 Å². The molecule has 0 aliphatic rings. The number of rotatable bonds is 6. The van der Waals surface area contributed by atoms with E-state index in [0.29, 0.717) is 13.2 Å². The molecule has 2 rings (SSSR count). The molecule has 0 aromatic heterocycles. The van der Waals surface area contributed by atoms with Gasteiger partial charge in [0.2, 0.25) is 0 Å². The van der Waals surface area contributed by atoms with Crippen molar-refractivity contribution < 1.29 is 14.7 Å². The molecule has 0 aliphatic heterocycles. The molecule has 0 fully saturated rings. The van der Waals surface area contributed by atoms with Gasteiger partial charge in [-0.2, -0.15) is 0 Å². The van der Waals surface area contributed by atoms with Gasteiger partial charge in [0.25, 0.3) is 0 Å². The summed E-state index contributed by atoms with van der Waals surface area (Å²) < 4.78 is 11.5. The number of ether oxygens (including phenoxy) is 2. The van der Waals surface area contributed by atoms with Crippen molar-refractivity contribution in [3.8, 4) is 11.5 Å². The summed E-state index contributed by atoms with van der Waals surface area (Å²) in [6.45, 7) is 7.16. The van der Waals surface area contributed by atoms with Crippen LogP contribution in [0.15, 0.2) is 41.6 Å². The lowest BCUT2D eigenvalue weighted by molar-refractivity contribution is 0.215. The maximum absolute atomic E-state index is 8.46. The Kier molecular flexibility index (Phi) is 5.42. The Balaban J connectivity index is 1.86. The highest BCUT2D eigenvalue weighted by atomic mass is 16.5. The highest BCUT2D eigenvalue weighted by Crippen LogP contribution is 2.25. The molecule has 1 N–H and O–H groups in total. The minimum Gasteiger partial charge on any atom is -0.490 e. The summed E-state index contributed by atoms with van der Waals surface area (Å²) in [5, 5.41) is 11.4. The molecular formula is C18H21NO3. The standard InChI is InChI=1S/C18H21NO3/c1-13-4-5-14(2)18(15(13)3)22-11-10-21-17-8-6-16(7-9-17)12-19-20/h4-9,12,20H,10-11H2,1-3H3. The van der Waals surface area contributed by atoms with E-state index in [1.807, 2.05) is 31.2 Å². The fourth-order valence-corrected chi connectivity index (χ4v) is 2.17. The molecule has 0 unspecified atom stereocenters. The molecule has 22 heavy (non-hydrogen) atoms. The largest absolute Gasteiger partial charge is 0.490 e. The van der Waals surface area contributed by atoms with E-state index < -0.39 is 0 Å². The van der Waals surface area contributed by atoms with Crippen molar-refractivity contribution in [1.82, 2.24) is 0 Å². The lowest BCUT2D eigenvalue weighted by Gasteiger charge is -2.14. The predicted molar refractivity (Wildman–Crippen MR) is 87.5 cm³/mol. The molecular weight excluding hydrogens is 278 g/mol. The molecule has 0 amide bonds. The SMILES string of the molecule is Cc1ccc(C)c(OCCOc2ccc(C=NO)cc2)c1C. The molecule has 2 aromatic rings. The van der Waals surface area contributed by atoms with Gasteiger partial charge in [-0.25, -0.2) is 0 Å². The summed E-state index contributed by atoms with van der Waals surface area (Å²) in [4.78, 5) is 0. The summed E-state index contributed by atoms with van der Waals surface area (Å²) in [5.41, 5.74) is 4.35. The molecule has 116 valence electrons. The highest BCUT2D eigenvalue weighted by Gasteiger charge is 2.06. The first-order valence-electron chi connectivity index (χ1n) is 7.21. The zero-order valence-electron chi connectivity index (χ0n) is 13.2. The van der Waals surface area contributed by atoms with E-state index in [-0.39, 0.29) is 0 Å². The molecule has 0 aliphatic carbocycles. The fourth-order valence-electron chi connectivity index (χ4n) is 2.17. The van der Waals surface area contributed by atoms with Crippen molar-refractivity contribution >= 4 is 6.21 Å². The lowest BCUT2D eigenvalue weighted by atomic mass is 10.1. The van der Waals surface area contributed by atoms with Crippen LogP contribution in [0.5, 0.6) is 11.5 Å². The Morgan fingerprint density at radius 1 is 0.909 bits per heavy atom. The van der Waals surface area contributed by atoms with Crippen LogP contribution in [0.1, 0.15) is 22.3 Å². The van der Waals surface area contributed by atoms with Crippen molar-refractivity contribution in [3.05, 3.63) is 58.7 Å². The van der Waals surface area contributed by atoms with E-state index in [9.17, 15) is 0 Å². The average molecular weight is 299 g/mol. The monoisotopic (exact) mass is 299 g/mol. The molecule has 2 aromatic carbocycles. The molecule has 0 heterocycles.